The number of hydrogen-bond donors (Lipinski definition) is 0. The van der Waals surface area contributed by atoms with Crippen LogP contribution >= 0.6 is 0 Å². The van der Waals surface area contributed by atoms with Crippen molar-refractivity contribution in [3.05, 3.63) is 143 Å². The number of aliphatic imine (C=N–C) groups is 1. The van der Waals surface area contributed by atoms with Crippen molar-refractivity contribution >= 4 is 17.4 Å². The lowest BCUT2D eigenvalue weighted by molar-refractivity contribution is 1.32. The molecule has 0 radical (unpaired) electrons. The maximum absolute atomic E-state index is 4.96. The van der Waals surface area contributed by atoms with Crippen molar-refractivity contribution in [3.63, 3.8) is 0 Å². The third-order valence-corrected chi connectivity index (χ3v) is 6.78. The van der Waals surface area contributed by atoms with Gasteiger partial charge in [0.15, 0.2) is 0 Å². The molecule has 0 atom stereocenters. The van der Waals surface area contributed by atoms with Crippen LogP contribution in [0.2, 0.25) is 0 Å². The number of aryl methyl sites for hydroxylation is 3. The van der Waals surface area contributed by atoms with E-state index >= 15 is 0 Å². The van der Waals surface area contributed by atoms with Gasteiger partial charge in [-0.1, -0.05) is 104 Å². The molecule has 184 valence electrons. The number of rotatable bonds is 7. The SMILES string of the molecule is C=Cc1cccc(C(/C=C(\C)c2cccc(C)c2-c2ccccc2C)=NC(=C)C)c1-c1ccccc1C. The van der Waals surface area contributed by atoms with Gasteiger partial charge in [-0.05, 0) is 96.3 Å². The first-order chi connectivity index (χ1) is 17.8. The Bertz CT molecular complexity index is 1540. The summed E-state index contributed by atoms with van der Waals surface area (Å²) in [5.74, 6) is 0. The van der Waals surface area contributed by atoms with E-state index in [0.29, 0.717) is 0 Å². The summed E-state index contributed by atoms with van der Waals surface area (Å²) in [6.07, 6.45) is 4.13. The third-order valence-electron chi connectivity index (χ3n) is 6.78. The molecule has 0 spiro atoms. The highest BCUT2D eigenvalue weighted by molar-refractivity contribution is 6.17. The molecule has 0 aliphatic heterocycles. The molecule has 0 unspecified atom stereocenters. The number of nitrogens with zero attached hydrogens (tertiary/aromatic N) is 1. The molecule has 0 aromatic heterocycles. The summed E-state index contributed by atoms with van der Waals surface area (Å²) in [6.45, 7) is 18.9. The molecule has 0 fully saturated rings. The fourth-order valence-corrected chi connectivity index (χ4v) is 4.97. The molecule has 0 N–H and O–H groups in total. The lowest BCUT2D eigenvalue weighted by atomic mass is 9.87. The van der Waals surface area contributed by atoms with Crippen LogP contribution in [-0.2, 0) is 0 Å². The average Bonchev–Trinajstić information content (AvgIpc) is 2.88. The molecule has 4 rings (SSSR count). The Balaban J connectivity index is 1.97. The van der Waals surface area contributed by atoms with E-state index in [9.17, 15) is 0 Å². The number of allylic oxidation sites excluding steroid dienone is 3. The monoisotopic (exact) mass is 481 g/mol. The van der Waals surface area contributed by atoms with Crippen molar-refractivity contribution in [3.8, 4) is 22.3 Å². The predicted molar refractivity (Wildman–Crippen MR) is 163 cm³/mol. The molecule has 0 saturated carbocycles. The first-order valence-electron chi connectivity index (χ1n) is 12.7. The van der Waals surface area contributed by atoms with Crippen molar-refractivity contribution < 1.29 is 0 Å². The highest BCUT2D eigenvalue weighted by atomic mass is 14.7. The van der Waals surface area contributed by atoms with E-state index in [2.05, 4.69) is 132 Å². The molecule has 1 nitrogen and oxygen atoms in total. The van der Waals surface area contributed by atoms with Gasteiger partial charge in [0, 0.05) is 11.3 Å². The van der Waals surface area contributed by atoms with Gasteiger partial charge in [0.05, 0.1) is 5.71 Å². The predicted octanol–water partition coefficient (Wildman–Crippen LogP) is 10.0. The van der Waals surface area contributed by atoms with Crippen LogP contribution in [0.15, 0.2) is 115 Å². The van der Waals surface area contributed by atoms with Crippen LogP contribution in [0.1, 0.15) is 47.2 Å². The van der Waals surface area contributed by atoms with Gasteiger partial charge in [-0.25, -0.2) is 0 Å². The summed E-state index contributed by atoms with van der Waals surface area (Å²) in [5, 5.41) is 0. The van der Waals surface area contributed by atoms with Crippen molar-refractivity contribution in [2.75, 3.05) is 0 Å². The second-order valence-corrected chi connectivity index (χ2v) is 9.66. The topological polar surface area (TPSA) is 12.4 Å². The molecule has 37 heavy (non-hydrogen) atoms. The summed E-state index contributed by atoms with van der Waals surface area (Å²) < 4.78 is 0. The molecule has 4 aromatic carbocycles. The first-order valence-corrected chi connectivity index (χ1v) is 12.7. The standard InChI is InChI=1S/C36H35N/c1-8-29-18-14-22-33(36(29)31-20-12-10-16-26(31)5)34(37-24(2)3)23-28(7)32-21-13-17-27(6)35(32)30-19-11-9-15-25(30)4/h8-23H,1-2H2,3-7H3/b28-23+,37-34?. The van der Waals surface area contributed by atoms with E-state index in [4.69, 9.17) is 4.99 Å². The van der Waals surface area contributed by atoms with Gasteiger partial charge in [0.1, 0.15) is 0 Å². The highest BCUT2D eigenvalue weighted by Crippen LogP contribution is 2.36. The summed E-state index contributed by atoms with van der Waals surface area (Å²) >= 11 is 0. The van der Waals surface area contributed by atoms with Gasteiger partial charge in [-0.15, -0.1) is 0 Å². The van der Waals surface area contributed by atoms with Crippen molar-refractivity contribution in [1.82, 2.24) is 0 Å². The maximum atomic E-state index is 4.96. The Morgan fingerprint density at radius 2 is 1.19 bits per heavy atom. The van der Waals surface area contributed by atoms with E-state index in [1.54, 1.807) is 0 Å². The molecule has 1 heteroatoms. The van der Waals surface area contributed by atoms with Gasteiger partial charge in [0.2, 0.25) is 0 Å². The van der Waals surface area contributed by atoms with Crippen molar-refractivity contribution in [2.45, 2.75) is 34.6 Å². The van der Waals surface area contributed by atoms with Gasteiger partial charge >= 0.3 is 0 Å². The van der Waals surface area contributed by atoms with Crippen molar-refractivity contribution in [1.29, 1.82) is 0 Å². The minimum absolute atomic E-state index is 0.766. The Morgan fingerprint density at radius 3 is 1.78 bits per heavy atom. The maximum Gasteiger partial charge on any atom is 0.0714 e. The van der Waals surface area contributed by atoms with Crippen LogP contribution in [0.4, 0.5) is 0 Å². The van der Waals surface area contributed by atoms with Crippen molar-refractivity contribution in [2.24, 2.45) is 4.99 Å². The Hall–Kier alpha value is -4.23. The lowest BCUT2D eigenvalue weighted by Gasteiger charge is -2.18. The average molecular weight is 482 g/mol. The molecule has 0 saturated heterocycles. The second kappa shape index (κ2) is 11.2. The Labute approximate surface area is 222 Å². The summed E-state index contributed by atoms with van der Waals surface area (Å²) in [7, 11) is 0. The Morgan fingerprint density at radius 1 is 0.649 bits per heavy atom. The minimum Gasteiger partial charge on any atom is -0.254 e. The molecular weight excluding hydrogens is 446 g/mol. The van der Waals surface area contributed by atoms with Crippen LogP contribution in [0.3, 0.4) is 0 Å². The fraction of sp³-hybridized carbons (Fsp3) is 0.139. The zero-order valence-corrected chi connectivity index (χ0v) is 22.6. The van der Waals surface area contributed by atoms with E-state index in [0.717, 1.165) is 33.7 Å². The van der Waals surface area contributed by atoms with Gasteiger partial charge < -0.3 is 0 Å². The van der Waals surface area contributed by atoms with Crippen LogP contribution in [0.25, 0.3) is 33.9 Å². The Kier molecular flexibility index (Phi) is 7.84. The van der Waals surface area contributed by atoms with Crippen LogP contribution < -0.4 is 0 Å². The first kappa shape index (κ1) is 25.9. The molecule has 0 aliphatic rings. The molecule has 0 heterocycles. The third kappa shape index (κ3) is 5.47. The van der Waals surface area contributed by atoms with Gasteiger partial charge in [0.25, 0.3) is 0 Å². The molecule has 0 bridgehead atoms. The van der Waals surface area contributed by atoms with Gasteiger partial charge in [-0.3, -0.25) is 4.99 Å². The van der Waals surface area contributed by atoms with Crippen LogP contribution in [0, 0.1) is 20.8 Å². The summed E-state index contributed by atoms with van der Waals surface area (Å²) in [5.41, 5.74) is 14.8. The highest BCUT2D eigenvalue weighted by Gasteiger charge is 2.17. The lowest BCUT2D eigenvalue weighted by Crippen LogP contribution is -2.04. The summed E-state index contributed by atoms with van der Waals surface area (Å²) in [4.78, 5) is 4.96. The van der Waals surface area contributed by atoms with Gasteiger partial charge in [-0.2, -0.15) is 0 Å². The minimum atomic E-state index is 0.766. The summed E-state index contributed by atoms with van der Waals surface area (Å²) in [6, 6.07) is 30.0. The largest absolute Gasteiger partial charge is 0.254 e. The van der Waals surface area contributed by atoms with E-state index in [1.807, 2.05) is 13.0 Å². The fourth-order valence-electron chi connectivity index (χ4n) is 4.97. The smallest absolute Gasteiger partial charge is 0.0714 e. The van der Waals surface area contributed by atoms with E-state index < -0.39 is 0 Å². The normalized spacial score (nSPS) is 11.9. The zero-order chi connectivity index (χ0) is 26.5. The molecular formula is C36H35N. The quantitative estimate of drug-likeness (QED) is 0.233. The van der Waals surface area contributed by atoms with Crippen LogP contribution in [0.5, 0.6) is 0 Å². The molecule has 0 aliphatic carbocycles. The number of benzene rings is 4. The zero-order valence-electron chi connectivity index (χ0n) is 22.6. The van der Waals surface area contributed by atoms with E-state index in [1.165, 1.54) is 38.9 Å². The molecule has 0 amide bonds. The number of hydrogen-bond acceptors (Lipinski definition) is 1. The second-order valence-electron chi connectivity index (χ2n) is 9.66. The molecule has 4 aromatic rings. The van der Waals surface area contributed by atoms with Crippen LogP contribution in [-0.4, -0.2) is 5.71 Å². The van der Waals surface area contributed by atoms with E-state index in [-0.39, 0.29) is 0 Å².